The molecule has 770 valence electrons. The van der Waals surface area contributed by atoms with Crippen LogP contribution in [-0.2, 0) is 27.4 Å². The summed E-state index contributed by atoms with van der Waals surface area (Å²) in [7, 11) is 21.2. The van der Waals surface area contributed by atoms with Crippen LogP contribution in [0.5, 0.6) is 121 Å². The number of rotatable bonds is 39. The number of carbonyl (C=O) groups excluding carboxylic acids is 2. The molecule has 26 nitrogen and oxygen atoms in total. The molecule has 1 aliphatic heterocycles. The lowest BCUT2D eigenvalue weighted by Crippen LogP contribution is -2.38. The highest BCUT2D eigenvalue weighted by molar-refractivity contribution is 5.78. The molecule has 26 heteroatoms. The van der Waals surface area contributed by atoms with Gasteiger partial charge in [0.05, 0.1) is 98.0 Å². The fourth-order valence-corrected chi connectivity index (χ4v) is 12.4. The first-order chi connectivity index (χ1) is 70.1. The Kier molecular flexibility index (Phi) is 60.2. The number of para-hydroxylation sites is 21. The molecule has 0 aromatic heterocycles. The highest BCUT2D eigenvalue weighted by Gasteiger charge is 2.19. The Morgan fingerprint density at radius 3 is 0.910 bits per heavy atom. The molecule has 0 spiro atoms. The van der Waals surface area contributed by atoms with Gasteiger partial charge >= 0.3 is 5.97 Å². The van der Waals surface area contributed by atoms with Crippen molar-refractivity contribution in [2.24, 2.45) is 5.92 Å². The fraction of sp³-hybridized carbons (Fsp3) is 0.297. The highest BCUT2D eigenvalue weighted by atomic mass is 16.6. The molecular weight excluding hydrogens is 1830 g/mol. The Morgan fingerprint density at radius 2 is 0.583 bits per heavy atom. The van der Waals surface area contributed by atoms with E-state index in [-0.39, 0.29) is 31.6 Å². The van der Waals surface area contributed by atoms with Gasteiger partial charge in [-0.25, -0.2) is 4.79 Å². The first-order valence-corrected chi connectivity index (χ1v) is 47.1. The van der Waals surface area contributed by atoms with Gasteiger partial charge in [0, 0.05) is 33.6 Å². The average molecular weight is 1970 g/mol. The molecule has 13 aromatic carbocycles. The van der Waals surface area contributed by atoms with Gasteiger partial charge in [-0.2, -0.15) is 0 Å². The molecule has 0 radical (unpaired) electrons. The Labute approximate surface area is 851 Å². The standard InChI is InChI=1S/C15H16O2.C14H19NO3.C14H14O2.C13H12O2.C12H18O2.C12H16O2.C11H15NO3.C10H14O2.C9H10O4.C8H10O2/c1-16-14-9-5-6-10-15(14)17-12-11-13-7-3-2-4-8-13;1-17-12-7-3-4-8-13(12)18-11-14(16)15-9-5-2-6-10-15;1-15-13-9-5-6-10-14(13)16-11-12-7-3-2-4-8-12;1-14-12-9-5-6-10-13(12)15-11-7-3-2-4-8-11;2*1-10(2)8-9-14-12-7-5-4-6-11(12)13-3;1-12(2)11(13)8-15-10-7-5-4-6-9(10)14-3;1-3-8-12-10-7-5-4-6-9(10)11-2;1-12-7-4-2-3-5-8(7)13-6-9(10)11;1-9-7-5-3-4-6-8(7)10-2/h2-10H,11-12H2,1H3;3-4,7-8H,2,5-6,9-11H2,1H3;2-10H,11H2,1H3;2-10H,1H3;4-7,10H,8-9H2,1-3H3;4-8H,9H2,1-3H3;4-7H,8H2,1-3H3;4-7H,3,8H2,1-2H3;2-5H,6H2,1H3,(H,10,11);3-6H,1-2H3. The van der Waals surface area contributed by atoms with E-state index in [0.29, 0.717) is 60.2 Å². The minimum atomic E-state index is -1.01. The molecule has 144 heavy (non-hydrogen) atoms. The van der Waals surface area contributed by atoms with Crippen molar-refractivity contribution in [3.63, 3.8) is 0 Å². The molecule has 14 rings (SSSR count). The second kappa shape index (κ2) is 73.2. The van der Waals surface area contributed by atoms with Gasteiger partial charge in [0.1, 0.15) is 19.0 Å². The van der Waals surface area contributed by atoms with Crippen LogP contribution >= 0.6 is 0 Å². The first kappa shape index (κ1) is 118. The van der Waals surface area contributed by atoms with Crippen molar-refractivity contribution in [2.45, 2.75) is 79.8 Å². The summed E-state index contributed by atoms with van der Waals surface area (Å²) in [6.07, 6.45) is 8.43. The Balaban J connectivity index is 0.000000283. The van der Waals surface area contributed by atoms with Gasteiger partial charge in [0.2, 0.25) is 0 Å². The molecule has 1 aliphatic rings. The zero-order chi connectivity index (χ0) is 104. The molecule has 0 aliphatic carbocycles. The zero-order valence-corrected chi connectivity index (χ0v) is 86.5. The van der Waals surface area contributed by atoms with Crippen molar-refractivity contribution >= 4 is 17.8 Å². The number of methoxy groups -OCH3 is 11. The minimum Gasteiger partial charge on any atom is -0.493 e. The van der Waals surface area contributed by atoms with Crippen LogP contribution in [0.25, 0.3) is 0 Å². The monoisotopic (exact) mass is 1970 g/mol. The Hall–Kier alpha value is -16.0. The number of aliphatic carboxylic acids is 1. The van der Waals surface area contributed by atoms with Gasteiger partial charge in [-0.1, -0.05) is 227 Å². The number of hydrogen-bond donors (Lipinski definition) is 1. The number of amides is 2. The van der Waals surface area contributed by atoms with Crippen LogP contribution in [-0.4, -0.2) is 184 Å². The van der Waals surface area contributed by atoms with E-state index in [4.69, 9.17) is 99.8 Å². The molecule has 1 N–H and O–H groups in total. The van der Waals surface area contributed by atoms with Crippen LogP contribution in [0.1, 0.15) is 77.8 Å². The zero-order valence-electron chi connectivity index (χ0n) is 86.5. The Morgan fingerprint density at radius 1 is 0.312 bits per heavy atom. The number of nitrogens with zero attached hydrogens (tertiary/aromatic N) is 2. The number of hydrogen-bond acceptors (Lipinski definition) is 23. The summed E-state index contributed by atoms with van der Waals surface area (Å²) in [6, 6.07) is 105. The summed E-state index contributed by atoms with van der Waals surface area (Å²) in [4.78, 5) is 36.8. The van der Waals surface area contributed by atoms with Crippen molar-refractivity contribution in [3.05, 3.63) is 356 Å². The van der Waals surface area contributed by atoms with Crippen LogP contribution in [0.15, 0.2) is 345 Å². The second-order valence-corrected chi connectivity index (χ2v) is 31.4. The van der Waals surface area contributed by atoms with Crippen LogP contribution in [0.4, 0.5) is 0 Å². The van der Waals surface area contributed by atoms with E-state index in [1.165, 1.54) is 29.6 Å². The van der Waals surface area contributed by atoms with Gasteiger partial charge < -0.3 is 110 Å². The number of likely N-dealkylation sites (tertiary alicyclic amines) is 1. The van der Waals surface area contributed by atoms with Crippen LogP contribution in [0.3, 0.4) is 0 Å². The normalized spacial score (nSPS) is 10.3. The van der Waals surface area contributed by atoms with Gasteiger partial charge in [-0.15, -0.1) is 0 Å². The van der Waals surface area contributed by atoms with Crippen molar-refractivity contribution in [2.75, 3.05) is 152 Å². The summed E-state index contributed by atoms with van der Waals surface area (Å²) in [5, 5.41) is 8.37. The smallest absolute Gasteiger partial charge is 0.341 e. The summed E-state index contributed by atoms with van der Waals surface area (Å²) in [5.41, 5.74) is 3.68. The largest absolute Gasteiger partial charge is 0.493 e. The first-order valence-electron chi connectivity index (χ1n) is 47.1. The number of benzene rings is 13. The summed E-state index contributed by atoms with van der Waals surface area (Å²) in [6.45, 7) is 15.3. The average Bonchev–Trinajstić information content (AvgIpc) is 0.845. The highest BCUT2D eigenvalue weighted by Crippen LogP contribution is 2.35. The maximum Gasteiger partial charge on any atom is 0.341 e. The third-order valence-electron chi connectivity index (χ3n) is 20.0. The molecule has 0 atom stereocenters. The molecule has 0 saturated carbocycles. The number of carboxylic acids is 1. The topological polar surface area (TPSA) is 263 Å². The van der Waals surface area contributed by atoms with Crippen molar-refractivity contribution in [1.29, 1.82) is 0 Å². The second-order valence-electron chi connectivity index (χ2n) is 31.4. The molecule has 0 unspecified atom stereocenters. The summed E-state index contributed by atoms with van der Waals surface area (Å²) >= 11 is 0. The van der Waals surface area contributed by atoms with E-state index in [0.717, 1.165) is 150 Å². The predicted octanol–water partition coefficient (Wildman–Crippen LogP) is 24.8. The molecule has 1 heterocycles. The Bertz CT molecular complexity index is 5620. The number of allylic oxidation sites excluding steroid dienone is 1. The summed E-state index contributed by atoms with van der Waals surface area (Å²) in [5.74, 6) is 14.8. The molecule has 13 aromatic rings. The lowest BCUT2D eigenvalue weighted by molar-refractivity contribution is -0.139. The molecule has 1 fully saturated rings. The van der Waals surface area contributed by atoms with E-state index >= 15 is 0 Å². The third kappa shape index (κ3) is 48.3. The molecular formula is C118H144N2O24. The molecule has 0 bridgehead atoms. The van der Waals surface area contributed by atoms with E-state index < -0.39 is 5.97 Å². The quantitative estimate of drug-likeness (QED) is 0.0351. The maximum absolute atomic E-state index is 11.9. The van der Waals surface area contributed by atoms with E-state index in [2.05, 4.69) is 32.9 Å². The van der Waals surface area contributed by atoms with Crippen molar-refractivity contribution in [1.82, 2.24) is 9.80 Å². The SMILES string of the molecule is CCCOc1ccccc1OC.COc1ccccc1OC.COc1ccccc1OCC(=O)N(C)C.COc1ccccc1OCC(=O)N1CCCCC1.COc1ccccc1OCC(=O)O.COc1ccccc1OCC=C(C)C.COc1ccccc1OCCC(C)C.COc1ccccc1OCCc1ccccc1.COc1ccccc1OCc1ccccc1.COc1ccccc1Oc1ccccc1. The van der Waals surface area contributed by atoms with E-state index in [9.17, 15) is 14.4 Å². The van der Waals surface area contributed by atoms with E-state index in [1.54, 1.807) is 122 Å². The number of piperidine rings is 1. The van der Waals surface area contributed by atoms with Gasteiger partial charge in [-0.3, -0.25) is 9.59 Å². The minimum absolute atomic E-state index is 0.0212. The van der Waals surface area contributed by atoms with Crippen molar-refractivity contribution < 1.29 is 114 Å². The predicted molar refractivity (Wildman–Crippen MR) is 568 cm³/mol. The number of ether oxygens (including phenoxy) is 20. The third-order valence-corrected chi connectivity index (χ3v) is 20.0. The maximum atomic E-state index is 11.9. The van der Waals surface area contributed by atoms with E-state index in [1.807, 2.05) is 310 Å². The molecule has 2 amide bonds. The van der Waals surface area contributed by atoms with Gasteiger partial charge in [0.25, 0.3) is 11.8 Å². The van der Waals surface area contributed by atoms with Gasteiger partial charge in [-0.05, 0) is 203 Å². The van der Waals surface area contributed by atoms with Crippen LogP contribution in [0, 0.1) is 5.92 Å². The number of likely N-dealkylation sites (N-methyl/N-ethyl adjacent to an activating group) is 1. The number of carboxylic acid groups (broad SMARTS) is 1. The lowest BCUT2D eigenvalue weighted by atomic mass is 10.1. The lowest BCUT2D eigenvalue weighted by Gasteiger charge is -2.26. The van der Waals surface area contributed by atoms with Crippen LogP contribution < -0.4 is 94.7 Å². The van der Waals surface area contributed by atoms with Crippen molar-refractivity contribution in [3.8, 4) is 121 Å². The van der Waals surface area contributed by atoms with Gasteiger partial charge in [0.15, 0.2) is 135 Å². The molecule has 1 saturated heterocycles. The fourth-order valence-electron chi connectivity index (χ4n) is 12.4. The summed E-state index contributed by atoms with van der Waals surface area (Å²) < 4.78 is 106. The number of carbonyl (C=O) groups is 3. The van der Waals surface area contributed by atoms with Crippen LogP contribution in [0.2, 0.25) is 0 Å².